The van der Waals surface area contributed by atoms with Crippen molar-refractivity contribution in [2.75, 3.05) is 40.3 Å². The number of ether oxygens (including phenoxy) is 2. The Kier molecular flexibility index (Phi) is 9.69. The second-order valence-corrected chi connectivity index (χ2v) is 13.1. The van der Waals surface area contributed by atoms with Crippen molar-refractivity contribution in [2.45, 2.75) is 90.5 Å². The van der Waals surface area contributed by atoms with Crippen LogP contribution in [0, 0.1) is 10.8 Å². The Morgan fingerprint density at radius 1 is 0.658 bits per heavy atom. The summed E-state index contributed by atoms with van der Waals surface area (Å²) in [5.41, 5.74) is 0.206. The first-order valence-corrected chi connectivity index (χ1v) is 13.1. The Balaban J connectivity index is 0.000000221. The lowest BCUT2D eigenvalue weighted by atomic mass is 9.61. The van der Waals surface area contributed by atoms with Gasteiger partial charge in [0, 0.05) is 52.4 Å². The summed E-state index contributed by atoms with van der Waals surface area (Å²) in [7, 11) is 3.69. The monoisotopic (exact) mass is 542 g/mol. The minimum Gasteiger partial charge on any atom is -0.473 e. The van der Waals surface area contributed by atoms with E-state index >= 15 is 0 Å². The SMILES string of the molecule is CN(C(=O)OC(C)(C)C)C1CC2(CNC2)C1.CN(C(=O)OC(C)(C)C)C1CC2(CNC2)C1.O=C(O)C(=O)O. The van der Waals surface area contributed by atoms with Gasteiger partial charge in [-0.05, 0) is 78.1 Å². The summed E-state index contributed by atoms with van der Waals surface area (Å²) < 4.78 is 10.7. The molecule has 2 aliphatic carbocycles. The Morgan fingerprint density at radius 2 is 0.921 bits per heavy atom. The molecule has 2 saturated carbocycles. The number of hydrogen-bond acceptors (Lipinski definition) is 8. The first kappa shape index (κ1) is 31.6. The molecule has 4 rings (SSSR count). The number of carboxylic acid groups (broad SMARTS) is 2. The van der Waals surface area contributed by atoms with E-state index in [2.05, 4.69) is 10.6 Å². The highest BCUT2D eigenvalue weighted by Crippen LogP contribution is 2.47. The third-order valence-corrected chi connectivity index (χ3v) is 7.32. The van der Waals surface area contributed by atoms with Crippen molar-refractivity contribution in [3.05, 3.63) is 0 Å². The highest BCUT2D eigenvalue weighted by Gasteiger charge is 2.51. The predicted octanol–water partition coefficient (Wildman–Crippen LogP) is 2.37. The number of nitrogens with zero attached hydrogens (tertiary/aromatic N) is 2. The largest absolute Gasteiger partial charge is 0.473 e. The number of hydrogen-bond donors (Lipinski definition) is 4. The smallest absolute Gasteiger partial charge is 0.414 e. The van der Waals surface area contributed by atoms with Crippen LogP contribution in [0.2, 0.25) is 0 Å². The van der Waals surface area contributed by atoms with Crippen molar-refractivity contribution in [3.8, 4) is 0 Å². The van der Waals surface area contributed by atoms with Crippen LogP contribution >= 0.6 is 0 Å². The van der Waals surface area contributed by atoms with Gasteiger partial charge in [-0.25, -0.2) is 19.2 Å². The molecular weight excluding hydrogens is 496 g/mol. The quantitative estimate of drug-likeness (QED) is 0.382. The summed E-state index contributed by atoms with van der Waals surface area (Å²) >= 11 is 0. The Hall–Kier alpha value is -2.60. The van der Waals surface area contributed by atoms with E-state index in [1.807, 2.05) is 55.6 Å². The maximum absolute atomic E-state index is 11.8. The molecule has 0 aromatic heterocycles. The molecule has 4 N–H and O–H groups in total. The molecule has 2 aliphatic heterocycles. The van der Waals surface area contributed by atoms with Crippen LogP contribution in [0.3, 0.4) is 0 Å². The number of nitrogens with one attached hydrogen (secondary N) is 2. The van der Waals surface area contributed by atoms with E-state index in [-0.39, 0.29) is 12.2 Å². The van der Waals surface area contributed by atoms with E-state index in [4.69, 9.17) is 29.3 Å². The molecule has 0 bridgehead atoms. The topological polar surface area (TPSA) is 158 Å². The first-order chi connectivity index (χ1) is 17.3. The molecule has 4 fully saturated rings. The van der Waals surface area contributed by atoms with E-state index in [1.54, 1.807) is 9.80 Å². The van der Waals surface area contributed by atoms with Crippen LogP contribution < -0.4 is 10.6 Å². The minimum atomic E-state index is -1.82. The van der Waals surface area contributed by atoms with Gasteiger partial charge in [-0.1, -0.05) is 0 Å². The van der Waals surface area contributed by atoms with Crippen molar-refractivity contribution in [1.82, 2.24) is 20.4 Å². The highest BCUT2D eigenvalue weighted by atomic mass is 16.6. The minimum absolute atomic E-state index is 0.195. The van der Waals surface area contributed by atoms with Gasteiger partial charge in [0.05, 0.1) is 0 Å². The molecule has 0 atom stereocenters. The molecule has 2 amide bonds. The molecular formula is C26H46N4O8. The summed E-state index contributed by atoms with van der Waals surface area (Å²) in [6.07, 6.45) is 4.09. The van der Waals surface area contributed by atoms with Crippen molar-refractivity contribution in [3.63, 3.8) is 0 Å². The number of aliphatic carboxylic acids is 2. The third-order valence-electron chi connectivity index (χ3n) is 7.32. The van der Waals surface area contributed by atoms with Crippen molar-refractivity contribution < 1.29 is 38.9 Å². The first-order valence-electron chi connectivity index (χ1n) is 13.1. The van der Waals surface area contributed by atoms with Crippen LogP contribution in [0.5, 0.6) is 0 Å². The fraction of sp³-hybridized carbons (Fsp3) is 0.846. The van der Waals surface area contributed by atoms with Gasteiger partial charge in [0.1, 0.15) is 11.2 Å². The molecule has 218 valence electrons. The third kappa shape index (κ3) is 8.72. The fourth-order valence-electron chi connectivity index (χ4n) is 4.93. The molecule has 0 aromatic rings. The van der Waals surface area contributed by atoms with Crippen LogP contribution in [-0.2, 0) is 19.1 Å². The van der Waals surface area contributed by atoms with E-state index in [1.165, 1.54) is 0 Å². The normalized spacial score (nSPS) is 22.4. The summed E-state index contributed by atoms with van der Waals surface area (Å²) in [6, 6.07) is 0.744. The van der Waals surface area contributed by atoms with Crippen LogP contribution in [0.25, 0.3) is 0 Å². The molecule has 2 heterocycles. The van der Waals surface area contributed by atoms with Crippen molar-refractivity contribution in [2.24, 2.45) is 10.8 Å². The second-order valence-electron chi connectivity index (χ2n) is 13.1. The molecule has 0 aromatic carbocycles. The highest BCUT2D eigenvalue weighted by molar-refractivity contribution is 6.27. The van der Waals surface area contributed by atoms with E-state index < -0.39 is 23.1 Å². The standard InChI is InChI=1S/2C12H22N2O2.C2H2O4/c2*1-11(2,3)16-10(15)14(4)9-5-12(6-9)7-13-8-12;3-1(4)2(5)6/h2*9,13H,5-8H2,1-4H3;(H,3,4)(H,5,6). The summed E-state index contributed by atoms with van der Waals surface area (Å²) in [4.78, 5) is 45.3. The Morgan fingerprint density at radius 3 is 1.08 bits per heavy atom. The molecule has 2 spiro atoms. The van der Waals surface area contributed by atoms with Gasteiger partial charge in [-0.3, -0.25) is 0 Å². The van der Waals surface area contributed by atoms with Gasteiger partial charge >= 0.3 is 24.1 Å². The van der Waals surface area contributed by atoms with Crippen LogP contribution in [-0.4, -0.2) is 108 Å². The van der Waals surface area contributed by atoms with Crippen molar-refractivity contribution >= 4 is 24.1 Å². The lowest BCUT2D eigenvalue weighted by Crippen LogP contribution is -2.65. The Bertz CT molecular complexity index is 799. The lowest BCUT2D eigenvalue weighted by Gasteiger charge is -2.56. The zero-order chi connectivity index (χ0) is 29.1. The second kappa shape index (κ2) is 11.6. The molecule has 38 heavy (non-hydrogen) atoms. The molecule has 4 aliphatic rings. The molecule has 12 nitrogen and oxygen atoms in total. The number of carbonyl (C=O) groups is 4. The molecule has 0 radical (unpaired) electrons. The zero-order valence-electron chi connectivity index (χ0n) is 24.0. The van der Waals surface area contributed by atoms with Crippen LogP contribution in [0.4, 0.5) is 9.59 Å². The number of carboxylic acids is 2. The molecule has 0 unspecified atom stereocenters. The summed E-state index contributed by atoms with van der Waals surface area (Å²) in [6.45, 7) is 15.9. The number of amides is 2. The van der Waals surface area contributed by atoms with Gasteiger partial charge in [-0.15, -0.1) is 0 Å². The number of carbonyl (C=O) groups excluding carboxylic acids is 2. The maximum Gasteiger partial charge on any atom is 0.414 e. The Labute approximate surface area is 225 Å². The van der Waals surface area contributed by atoms with E-state index in [0.29, 0.717) is 22.9 Å². The average molecular weight is 543 g/mol. The zero-order valence-corrected chi connectivity index (χ0v) is 24.0. The van der Waals surface area contributed by atoms with Crippen LogP contribution in [0.15, 0.2) is 0 Å². The van der Waals surface area contributed by atoms with Crippen molar-refractivity contribution in [1.29, 1.82) is 0 Å². The fourth-order valence-corrected chi connectivity index (χ4v) is 4.93. The van der Waals surface area contributed by atoms with Gasteiger partial charge in [0.25, 0.3) is 0 Å². The average Bonchev–Trinajstić information content (AvgIpc) is 2.61. The molecule has 12 heteroatoms. The van der Waals surface area contributed by atoms with E-state index in [9.17, 15) is 9.59 Å². The summed E-state index contributed by atoms with van der Waals surface area (Å²) in [5, 5.41) is 21.4. The van der Waals surface area contributed by atoms with Gasteiger partial charge in [0.15, 0.2) is 0 Å². The maximum atomic E-state index is 11.8. The lowest BCUT2D eigenvalue weighted by molar-refractivity contribution is -0.159. The predicted molar refractivity (Wildman–Crippen MR) is 140 cm³/mol. The van der Waals surface area contributed by atoms with Gasteiger partial charge in [0.2, 0.25) is 0 Å². The van der Waals surface area contributed by atoms with Crippen LogP contribution in [0.1, 0.15) is 67.2 Å². The summed E-state index contributed by atoms with van der Waals surface area (Å²) in [5.74, 6) is -3.65. The van der Waals surface area contributed by atoms with E-state index in [0.717, 1.165) is 51.9 Å². The number of rotatable bonds is 2. The van der Waals surface area contributed by atoms with Gasteiger partial charge in [-0.2, -0.15) is 0 Å². The molecule has 2 saturated heterocycles. The van der Waals surface area contributed by atoms with Gasteiger partial charge < -0.3 is 40.1 Å².